The summed E-state index contributed by atoms with van der Waals surface area (Å²) >= 11 is 5.93. The average Bonchev–Trinajstić information content (AvgIpc) is 2.76. The van der Waals surface area contributed by atoms with Crippen molar-refractivity contribution in [3.05, 3.63) is 52.1 Å². The van der Waals surface area contributed by atoms with Gasteiger partial charge < -0.3 is 5.11 Å². The molecule has 0 radical (unpaired) electrons. The minimum Gasteiger partial charge on any atom is -0.382 e. The molecule has 3 nitrogen and oxygen atoms in total. The van der Waals surface area contributed by atoms with Crippen LogP contribution in [0.25, 0.3) is 0 Å². The summed E-state index contributed by atoms with van der Waals surface area (Å²) in [6.45, 7) is 2.40. The molecule has 0 saturated heterocycles. The molecule has 7 heteroatoms. The maximum Gasteiger partial charge on any atom is 0.194 e. The van der Waals surface area contributed by atoms with Crippen LogP contribution in [-0.4, -0.2) is 14.9 Å². The largest absolute Gasteiger partial charge is 0.382 e. The van der Waals surface area contributed by atoms with E-state index in [-0.39, 0.29) is 16.3 Å². The van der Waals surface area contributed by atoms with Gasteiger partial charge in [0.15, 0.2) is 17.5 Å². The summed E-state index contributed by atoms with van der Waals surface area (Å²) in [6, 6.07) is 1.48. The molecule has 1 aromatic heterocycles. The fourth-order valence-corrected chi connectivity index (χ4v) is 2.17. The maximum atomic E-state index is 13.2. The van der Waals surface area contributed by atoms with Crippen LogP contribution in [0, 0.1) is 17.5 Å². The number of rotatable bonds is 4. The molecule has 0 fully saturated rings. The highest BCUT2D eigenvalue weighted by atomic mass is 35.5. The van der Waals surface area contributed by atoms with Crippen molar-refractivity contribution >= 4 is 11.6 Å². The number of hydrogen-bond donors (Lipinski definition) is 1. The van der Waals surface area contributed by atoms with Crippen molar-refractivity contribution in [3.63, 3.8) is 0 Å². The molecular weight excluding hydrogens is 293 g/mol. The van der Waals surface area contributed by atoms with Crippen molar-refractivity contribution in [2.24, 2.45) is 0 Å². The zero-order chi connectivity index (χ0) is 14.9. The highest BCUT2D eigenvalue weighted by Crippen LogP contribution is 2.29. The minimum absolute atomic E-state index is 0.124. The van der Waals surface area contributed by atoms with Crippen molar-refractivity contribution in [2.45, 2.75) is 26.0 Å². The van der Waals surface area contributed by atoms with E-state index in [2.05, 4.69) is 5.10 Å². The van der Waals surface area contributed by atoms with Gasteiger partial charge in [0.1, 0.15) is 6.10 Å². The molecule has 108 valence electrons. The second-order valence-corrected chi connectivity index (χ2v) is 4.71. The highest BCUT2D eigenvalue weighted by molar-refractivity contribution is 6.31. The van der Waals surface area contributed by atoms with Crippen LogP contribution in [0.3, 0.4) is 0 Å². The number of halogens is 4. The first-order valence-electron chi connectivity index (χ1n) is 5.99. The molecule has 1 heterocycles. The van der Waals surface area contributed by atoms with Gasteiger partial charge in [-0.25, -0.2) is 13.2 Å². The monoisotopic (exact) mass is 304 g/mol. The van der Waals surface area contributed by atoms with Crippen molar-refractivity contribution in [3.8, 4) is 0 Å². The average molecular weight is 305 g/mol. The van der Waals surface area contributed by atoms with E-state index in [1.165, 1.54) is 10.9 Å². The minimum atomic E-state index is -1.57. The molecule has 0 aliphatic heterocycles. The van der Waals surface area contributed by atoms with Crippen molar-refractivity contribution in [2.75, 3.05) is 0 Å². The van der Waals surface area contributed by atoms with Crippen molar-refractivity contribution in [1.29, 1.82) is 0 Å². The lowest BCUT2D eigenvalue weighted by atomic mass is 10.1. The molecule has 1 aromatic carbocycles. The zero-order valence-corrected chi connectivity index (χ0v) is 11.3. The standard InChI is InChI=1S/C13H12ClF3N2O/c1-2-3-19-12(8(14)6-18-19)13(20)7-4-9(15)11(17)10(16)5-7/h4-6,13,20H,2-3H2,1H3. The van der Waals surface area contributed by atoms with Crippen molar-refractivity contribution < 1.29 is 18.3 Å². The Labute approximate surface area is 118 Å². The van der Waals surface area contributed by atoms with Crippen LogP contribution >= 0.6 is 11.6 Å². The van der Waals surface area contributed by atoms with Gasteiger partial charge in [0, 0.05) is 6.54 Å². The van der Waals surface area contributed by atoms with Crippen LogP contribution in [-0.2, 0) is 6.54 Å². The van der Waals surface area contributed by atoms with Crippen LogP contribution in [0.1, 0.15) is 30.7 Å². The van der Waals surface area contributed by atoms with E-state index in [0.717, 1.165) is 18.6 Å². The molecule has 2 rings (SSSR count). The predicted octanol–water partition coefficient (Wildman–Crippen LogP) is 3.45. The van der Waals surface area contributed by atoms with Crippen LogP contribution in [0.15, 0.2) is 18.3 Å². The number of aryl methyl sites for hydroxylation is 1. The molecule has 0 aliphatic rings. The van der Waals surface area contributed by atoms with Gasteiger partial charge in [0.05, 0.1) is 16.9 Å². The van der Waals surface area contributed by atoms with E-state index in [1.54, 1.807) is 0 Å². The third kappa shape index (κ3) is 2.66. The number of aliphatic hydroxyl groups is 1. The van der Waals surface area contributed by atoms with Crippen LogP contribution in [0.5, 0.6) is 0 Å². The summed E-state index contributed by atoms with van der Waals surface area (Å²) in [5.74, 6) is -4.30. The summed E-state index contributed by atoms with van der Waals surface area (Å²) < 4.78 is 40.8. The Bertz CT molecular complexity index is 607. The normalized spacial score (nSPS) is 12.7. The molecule has 0 spiro atoms. The van der Waals surface area contributed by atoms with E-state index in [1.807, 2.05) is 6.92 Å². The second-order valence-electron chi connectivity index (χ2n) is 4.30. The molecule has 2 aromatic rings. The highest BCUT2D eigenvalue weighted by Gasteiger charge is 2.22. The number of hydrogen-bond acceptors (Lipinski definition) is 2. The lowest BCUT2D eigenvalue weighted by Crippen LogP contribution is -2.11. The quantitative estimate of drug-likeness (QED) is 0.879. The van der Waals surface area contributed by atoms with Gasteiger partial charge in [-0.15, -0.1) is 0 Å². The molecule has 0 bridgehead atoms. The van der Waals surface area contributed by atoms with Gasteiger partial charge in [-0.05, 0) is 24.1 Å². The van der Waals surface area contributed by atoms with Gasteiger partial charge in [0.2, 0.25) is 0 Å². The van der Waals surface area contributed by atoms with E-state index in [9.17, 15) is 18.3 Å². The predicted molar refractivity (Wildman–Crippen MR) is 67.9 cm³/mol. The molecule has 0 aliphatic carbocycles. The number of aromatic nitrogens is 2. The second kappa shape index (κ2) is 5.85. The Morgan fingerprint density at radius 1 is 1.30 bits per heavy atom. The summed E-state index contributed by atoms with van der Waals surface area (Å²) in [4.78, 5) is 0. The third-order valence-corrected chi connectivity index (χ3v) is 3.14. The summed E-state index contributed by atoms with van der Waals surface area (Å²) in [6.07, 6.45) is 0.691. The third-order valence-electron chi connectivity index (χ3n) is 2.85. The van der Waals surface area contributed by atoms with Gasteiger partial charge in [0.25, 0.3) is 0 Å². The first-order valence-corrected chi connectivity index (χ1v) is 6.37. The summed E-state index contributed by atoms with van der Waals surface area (Å²) in [7, 11) is 0. The molecule has 0 saturated carbocycles. The Balaban J connectivity index is 2.46. The fourth-order valence-electron chi connectivity index (χ4n) is 1.92. The molecule has 20 heavy (non-hydrogen) atoms. The fraction of sp³-hybridized carbons (Fsp3) is 0.308. The number of aliphatic hydroxyl groups excluding tert-OH is 1. The zero-order valence-electron chi connectivity index (χ0n) is 10.6. The van der Waals surface area contributed by atoms with Crippen LogP contribution < -0.4 is 0 Å². The van der Waals surface area contributed by atoms with Gasteiger partial charge in [-0.1, -0.05) is 18.5 Å². The van der Waals surface area contributed by atoms with E-state index >= 15 is 0 Å². The smallest absolute Gasteiger partial charge is 0.194 e. The van der Waals surface area contributed by atoms with Crippen LogP contribution in [0.4, 0.5) is 13.2 Å². The number of nitrogens with zero attached hydrogens (tertiary/aromatic N) is 2. The van der Waals surface area contributed by atoms with Crippen LogP contribution in [0.2, 0.25) is 5.02 Å². The molecule has 0 amide bonds. The number of benzene rings is 1. The Morgan fingerprint density at radius 2 is 1.90 bits per heavy atom. The molecule has 1 atom stereocenters. The van der Waals surface area contributed by atoms with Gasteiger partial charge in [-0.3, -0.25) is 4.68 Å². The molecule has 1 N–H and O–H groups in total. The Kier molecular flexibility index (Phi) is 4.35. The molecule has 1 unspecified atom stereocenters. The van der Waals surface area contributed by atoms with Gasteiger partial charge >= 0.3 is 0 Å². The first-order chi connectivity index (χ1) is 9.45. The Morgan fingerprint density at radius 3 is 2.45 bits per heavy atom. The maximum absolute atomic E-state index is 13.2. The lowest BCUT2D eigenvalue weighted by Gasteiger charge is -2.14. The van der Waals surface area contributed by atoms with E-state index in [4.69, 9.17) is 11.6 Å². The lowest BCUT2D eigenvalue weighted by molar-refractivity contribution is 0.206. The summed E-state index contributed by atoms with van der Waals surface area (Å²) in [5.41, 5.74) is 0.0973. The van der Waals surface area contributed by atoms with E-state index in [0.29, 0.717) is 6.54 Å². The molecular formula is C13H12ClF3N2O. The van der Waals surface area contributed by atoms with Gasteiger partial charge in [-0.2, -0.15) is 5.10 Å². The summed E-state index contributed by atoms with van der Waals surface area (Å²) in [5, 5.41) is 14.4. The first kappa shape index (κ1) is 14.9. The van der Waals surface area contributed by atoms with Crippen molar-refractivity contribution in [1.82, 2.24) is 9.78 Å². The van der Waals surface area contributed by atoms with E-state index < -0.39 is 23.6 Å². The SMILES string of the molecule is CCCn1ncc(Cl)c1C(O)c1cc(F)c(F)c(F)c1. The Hall–Kier alpha value is -1.53. The topological polar surface area (TPSA) is 38.0 Å².